The zero-order valence-corrected chi connectivity index (χ0v) is 13.8. The fraction of sp³-hybridized carbons (Fsp3) is 0.471. The number of piperidine rings is 1. The summed E-state index contributed by atoms with van der Waals surface area (Å²) in [4.78, 5) is 23.3. The van der Waals surface area contributed by atoms with Gasteiger partial charge in [-0.05, 0) is 30.4 Å². The van der Waals surface area contributed by atoms with Gasteiger partial charge >= 0.3 is 0 Å². The Bertz CT molecular complexity index is 630. The van der Waals surface area contributed by atoms with Crippen molar-refractivity contribution in [1.82, 2.24) is 14.9 Å². The van der Waals surface area contributed by atoms with Crippen molar-refractivity contribution in [3.63, 3.8) is 0 Å². The van der Waals surface area contributed by atoms with Gasteiger partial charge in [0, 0.05) is 24.7 Å². The van der Waals surface area contributed by atoms with Crippen LogP contribution in [-0.2, 0) is 11.2 Å². The van der Waals surface area contributed by atoms with E-state index in [9.17, 15) is 4.79 Å². The van der Waals surface area contributed by atoms with Crippen molar-refractivity contribution >= 4 is 17.2 Å². The molecule has 4 nitrogen and oxygen atoms in total. The van der Waals surface area contributed by atoms with E-state index in [0.29, 0.717) is 18.3 Å². The standard InChI is InChI=1S/C17H21N3OS/c1-12-7-13(2)10-20(9-12)16(21)8-14-11-22-17(19-14)15-5-3-4-6-18-15/h3-6,11-13H,7-10H2,1-2H3/t12-,13-/m0/s1. The smallest absolute Gasteiger partial charge is 0.228 e. The SMILES string of the molecule is C[C@H]1C[C@H](C)CN(C(=O)Cc2csc(-c3ccccn3)n2)C1. The van der Waals surface area contributed by atoms with Gasteiger partial charge in [-0.25, -0.2) is 4.98 Å². The Balaban J connectivity index is 1.66. The van der Waals surface area contributed by atoms with Crippen molar-refractivity contribution in [2.45, 2.75) is 26.7 Å². The molecule has 1 saturated heterocycles. The molecule has 0 aromatic carbocycles. The van der Waals surface area contributed by atoms with Crippen LogP contribution in [0.2, 0.25) is 0 Å². The van der Waals surface area contributed by atoms with E-state index in [1.54, 1.807) is 17.5 Å². The number of carbonyl (C=O) groups excluding carboxylic acids is 1. The molecule has 0 radical (unpaired) electrons. The first kappa shape index (κ1) is 15.2. The van der Waals surface area contributed by atoms with Crippen molar-refractivity contribution in [2.75, 3.05) is 13.1 Å². The summed E-state index contributed by atoms with van der Waals surface area (Å²) >= 11 is 1.55. The summed E-state index contributed by atoms with van der Waals surface area (Å²) in [6.07, 6.45) is 3.37. The average molecular weight is 315 g/mol. The van der Waals surface area contributed by atoms with Crippen molar-refractivity contribution in [1.29, 1.82) is 0 Å². The summed E-state index contributed by atoms with van der Waals surface area (Å²) in [5.41, 5.74) is 1.72. The van der Waals surface area contributed by atoms with Crippen LogP contribution in [0.1, 0.15) is 26.0 Å². The van der Waals surface area contributed by atoms with E-state index in [1.165, 1.54) is 6.42 Å². The number of hydrogen-bond donors (Lipinski definition) is 0. The molecule has 1 amide bonds. The van der Waals surface area contributed by atoms with Gasteiger partial charge in [0.15, 0.2) is 0 Å². The molecule has 2 aromatic rings. The van der Waals surface area contributed by atoms with E-state index in [1.807, 2.05) is 28.5 Å². The molecule has 2 atom stereocenters. The second-order valence-electron chi connectivity index (χ2n) is 6.28. The third-order valence-corrected chi connectivity index (χ3v) is 4.90. The molecule has 1 aliphatic rings. The Kier molecular flexibility index (Phi) is 4.52. The summed E-state index contributed by atoms with van der Waals surface area (Å²) in [5, 5.41) is 2.85. The molecule has 3 heterocycles. The van der Waals surface area contributed by atoms with Gasteiger partial charge in [-0.2, -0.15) is 0 Å². The summed E-state index contributed by atoms with van der Waals surface area (Å²) < 4.78 is 0. The van der Waals surface area contributed by atoms with E-state index in [-0.39, 0.29) is 5.91 Å². The Morgan fingerprint density at radius 2 is 2.09 bits per heavy atom. The van der Waals surface area contributed by atoms with E-state index in [2.05, 4.69) is 23.8 Å². The lowest BCUT2D eigenvalue weighted by Gasteiger charge is -2.35. The van der Waals surface area contributed by atoms with Crippen LogP contribution in [0.5, 0.6) is 0 Å². The molecule has 0 spiro atoms. The minimum atomic E-state index is 0.191. The first-order valence-electron chi connectivity index (χ1n) is 7.75. The molecular weight excluding hydrogens is 294 g/mol. The molecule has 5 heteroatoms. The quantitative estimate of drug-likeness (QED) is 0.873. The van der Waals surface area contributed by atoms with E-state index in [4.69, 9.17) is 0 Å². The Morgan fingerprint density at radius 1 is 1.32 bits per heavy atom. The first-order chi connectivity index (χ1) is 10.6. The normalized spacial score (nSPS) is 21.8. The molecule has 3 rings (SSSR count). The summed E-state index contributed by atoms with van der Waals surface area (Å²) in [7, 11) is 0. The number of carbonyl (C=O) groups is 1. The number of nitrogens with zero attached hydrogens (tertiary/aromatic N) is 3. The Morgan fingerprint density at radius 3 is 2.77 bits per heavy atom. The van der Waals surface area contributed by atoms with Gasteiger partial charge in [-0.3, -0.25) is 9.78 Å². The second-order valence-corrected chi connectivity index (χ2v) is 7.14. The Hall–Kier alpha value is -1.75. The van der Waals surface area contributed by atoms with Crippen molar-refractivity contribution in [3.8, 4) is 10.7 Å². The summed E-state index contributed by atoms with van der Waals surface area (Å²) in [5.74, 6) is 1.37. The zero-order valence-electron chi connectivity index (χ0n) is 13.0. The lowest BCUT2D eigenvalue weighted by molar-refractivity contribution is -0.133. The van der Waals surface area contributed by atoms with Crippen LogP contribution in [0.25, 0.3) is 10.7 Å². The highest BCUT2D eigenvalue weighted by Gasteiger charge is 2.25. The maximum absolute atomic E-state index is 12.5. The molecular formula is C17H21N3OS. The fourth-order valence-corrected chi connectivity index (χ4v) is 3.92. The number of hydrogen-bond acceptors (Lipinski definition) is 4. The number of thiazole rings is 1. The predicted octanol–water partition coefficient (Wildman–Crippen LogP) is 3.25. The molecule has 0 unspecified atom stereocenters. The molecule has 0 N–H and O–H groups in total. The third kappa shape index (κ3) is 3.53. The predicted molar refractivity (Wildman–Crippen MR) is 88.6 cm³/mol. The highest BCUT2D eigenvalue weighted by Crippen LogP contribution is 2.24. The lowest BCUT2D eigenvalue weighted by Crippen LogP contribution is -2.43. The lowest BCUT2D eigenvalue weighted by atomic mass is 9.92. The van der Waals surface area contributed by atoms with Gasteiger partial charge in [0.1, 0.15) is 5.01 Å². The van der Waals surface area contributed by atoms with Crippen molar-refractivity contribution in [2.24, 2.45) is 11.8 Å². The molecule has 2 aromatic heterocycles. The Labute approximate surface area is 135 Å². The number of rotatable bonds is 3. The van der Waals surface area contributed by atoms with Crippen LogP contribution in [0, 0.1) is 11.8 Å². The minimum absolute atomic E-state index is 0.191. The van der Waals surface area contributed by atoms with Gasteiger partial charge in [0.25, 0.3) is 0 Å². The largest absolute Gasteiger partial charge is 0.342 e. The van der Waals surface area contributed by atoms with Crippen LogP contribution in [0.4, 0.5) is 0 Å². The zero-order chi connectivity index (χ0) is 15.5. The molecule has 1 fully saturated rings. The first-order valence-corrected chi connectivity index (χ1v) is 8.63. The van der Waals surface area contributed by atoms with Gasteiger partial charge in [-0.15, -0.1) is 11.3 Å². The molecule has 22 heavy (non-hydrogen) atoms. The highest BCUT2D eigenvalue weighted by atomic mass is 32.1. The number of pyridine rings is 1. The maximum atomic E-state index is 12.5. The minimum Gasteiger partial charge on any atom is -0.342 e. The van der Waals surface area contributed by atoms with Gasteiger partial charge in [-0.1, -0.05) is 19.9 Å². The summed E-state index contributed by atoms with van der Waals surface area (Å²) in [6.45, 7) is 6.19. The van der Waals surface area contributed by atoms with Gasteiger partial charge in [0.05, 0.1) is 17.8 Å². The molecule has 0 bridgehead atoms. The third-order valence-electron chi connectivity index (χ3n) is 3.99. The van der Waals surface area contributed by atoms with E-state index in [0.717, 1.165) is 29.5 Å². The van der Waals surface area contributed by atoms with Gasteiger partial charge in [0.2, 0.25) is 5.91 Å². The number of amides is 1. The topological polar surface area (TPSA) is 46.1 Å². The molecule has 1 aliphatic heterocycles. The fourth-order valence-electron chi connectivity index (χ4n) is 3.13. The number of likely N-dealkylation sites (tertiary alicyclic amines) is 1. The van der Waals surface area contributed by atoms with E-state index >= 15 is 0 Å². The molecule has 0 saturated carbocycles. The maximum Gasteiger partial charge on any atom is 0.228 e. The van der Waals surface area contributed by atoms with Crippen LogP contribution in [0.3, 0.4) is 0 Å². The second kappa shape index (κ2) is 6.57. The van der Waals surface area contributed by atoms with Crippen LogP contribution in [0.15, 0.2) is 29.8 Å². The van der Waals surface area contributed by atoms with Crippen LogP contribution in [-0.4, -0.2) is 33.9 Å². The van der Waals surface area contributed by atoms with E-state index < -0.39 is 0 Å². The highest BCUT2D eigenvalue weighted by molar-refractivity contribution is 7.13. The summed E-state index contributed by atoms with van der Waals surface area (Å²) in [6, 6.07) is 5.78. The van der Waals surface area contributed by atoms with Crippen LogP contribution >= 0.6 is 11.3 Å². The monoisotopic (exact) mass is 315 g/mol. The number of aromatic nitrogens is 2. The van der Waals surface area contributed by atoms with Gasteiger partial charge < -0.3 is 4.90 Å². The van der Waals surface area contributed by atoms with Crippen LogP contribution < -0.4 is 0 Å². The average Bonchev–Trinajstić information content (AvgIpc) is 2.95. The molecule has 116 valence electrons. The molecule has 0 aliphatic carbocycles. The van der Waals surface area contributed by atoms with Crippen molar-refractivity contribution in [3.05, 3.63) is 35.5 Å². The van der Waals surface area contributed by atoms with Crippen molar-refractivity contribution < 1.29 is 4.79 Å².